The predicted molar refractivity (Wildman–Crippen MR) is 136 cm³/mol. The third-order valence-corrected chi connectivity index (χ3v) is 6.76. The molecule has 0 bridgehead atoms. The van der Waals surface area contributed by atoms with E-state index in [1.165, 1.54) is 6.07 Å². The second kappa shape index (κ2) is 8.98. The highest BCUT2D eigenvalue weighted by Crippen LogP contribution is 2.44. The van der Waals surface area contributed by atoms with Gasteiger partial charge < -0.3 is 19.9 Å². The van der Waals surface area contributed by atoms with Crippen LogP contribution in [0.25, 0.3) is 5.69 Å². The van der Waals surface area contributed by atoms with Crippen molar-refractivity contribution in [3.63, 3.8) is 0 Å². The molecule has 184 valence electrons. The van der Waals surface area contributed by atoms with Crippen molar-refractivity contribution in [2.75, 3.05) is 4.90 Å². The number of rotatable bonds is 4. The van der Waals surface area contributed by atoms with Gasteiger partial charge in [0.05, 0.1) is 23.3 Å². The Balaban J connectivity index is 1.67. The number of nitrogens with zero attached hydrogens (tertiary/aromatic N) is 3. The van der Waals surface area contributed by atoms with Crippen LogP contribution < -0.4 is 10.2 Å². The number of aryl methyl sites for hydroxylation is 1. The van der Waals surface area contributed by atoms with Gasteiger partial charge in [0.25, 0.3) is 0 Å². The summed E-state index contributed by atoms with van der Waals surface area (Å²) in [6.07, 6.45) is -2.72. The van der Waals surface area contributed by atoms with E-state index in [0.29, 0.717) is 10.8 Å². The number of halogens is 3. The minimum Gasteiger partial charge on any atom is -0.508 e. The quantitative estimate of drug-likeness (QED) is 0.313. The molecule has 2 aromatic carbocycles. The topological polar surface area (TPSA) is 53.3 Å². The molecule has 2 atom stereocenters. The minimum absolute atomic E-state index is 0.136. The van der Waals surface area contributed by atoms with Gasteiger partial charge >= 0.3 is 6.18 Å². The summed E-state index contributed by atoms with van der Waals surface area (Å²) >= 11 is 5.74. The van der Waals surface area contributed by atoms with Crippen LogP contribution in [0.2, 0.25) is 0 Å². The SMILES string of the molecule is Cc1cc([C@@H]2[C@@H](c3ccccn3)NC(=S)N2c2ccc(O)cc2)c(C)n1-c1cccc(C(F)(F)F)c1. The van der Waals surface area contributed by atoms with E-state index in [4.69, 9.17) is 12.2 Å². The Morgan fingerprint density at radius 2 is 1.69 bits per heavy atom. The van der Waals surface area contributed by atoms with Gasteiger partial charge in [-0.25, -0.2) is 0 Å². The third-order valence-electron chi connectivity index (χ3n) is 6.45. The highest BCUT2D eigenvalue weighted by atomic mass is 32.1. The van der Waals surface area contributed by atoms with Crippen LogP contribution in [0, 0.1) is 13.8 Å². The molecule has 4 aromatic rings. The van der Waals surface area contributed by atoms with E-state index in [1.54, 1.807) is 36.5 Å². The molecule has 0 spiro atoms. The van der Waals surface area contributed by atoms with Crippen molar-refractivity contribution in [1.82, 2.24) is 14.9 Å². The third kappa shape index (κ3) is 4.19. The first-order chi connectivity index (χ1) is 17.1. The van der Waals surface area contributed by atoms with Crippen LogP contribution >= 0.6 is 12.2 Å². The van der Waals surface area contributed by atoms with Gasteiger partial charge in [0.15, 0.2) is 5.11 Å². The second-order valence-electron chi connectivity index (χ2n) is 8.72. The summed E-state index contributed by atoms with van der Waals surface area (Å²) in [6, 6.07) is 19.1. The number of hydrogen-bond donors (Lipinski definition) is 2. The zero-order chi connectivity index (χ0) is 25.6. The first-order valence-corrected chi connectivity index (χ1v) is 11.7. The predicted octanol–water partition coefficient (Wildman–Crippen LogP) is 6.39. The molecule has 1 saturated heterocycles. The smallest absolute Gasteiger partial charge is 0.416 e. The lowest BCUT2D eigenvalue weighted by Crippen LogP contribution is -2.29. The summed E-state index contributed by atoms with van der Waals surface area (Å²) in [5, 5.41) is 13.7. The summed E-state index contributed by atoms with van der Waals surface area (Å²) in [4.78, 5) is 6.51. The second-order valence-corrected chi connectivity index (χ2v) is 9.11. The number of alkyl halides is 3. The molecule has 5 rings (SSSR count). The van der Waals surface area contributed by atoms with Gasteiger partial charge in [-0.3, -0.25) is 4.98 Å². The van der Waals surface area contributed by atoms with E-state index in [1.807, 2.05) is 47.6 Å². The lowest BCUT2D eigenvalue weighted by Gasteiger charge is -2.28. The largest absolute Gasteiger partial charge is 0.508 e. The summed E-state index contributed by atoms with van der Waals surface area (Å²) < 4.78 is 42.1. The van der Waals surface area contributed by atoms with Gasteiger partial charge in [-0.05, 0) is 92.3 Å². The van der Waals surface area contributed by atoms with Crippen molar-refractivity contribution in [2.24, 2.45) is 0 Å². The van der Waals surface area contributed by atoms with Gasteiger partial charge in [-0.15, -0.1) is 0 Å². The van der Waals surface area contributed by atoms with Crippen LogP contribution in [0.4, 0.5) is 18.9 Å². The van der Waals surface area contributed by atoms with Crippen LogP contribution in [0.3, 0.4) is 0 Å². The van der Waals surface area contributed by atoms with Gasteiger partial charge in [0.1, 0.15) is 5.75 Å². The van der Waals surface area contributed by atoms with Crippen molar-refractivity contribution in [1.29, 1.82) is 0 Å². The number of nitrogens with one attached hydrogen (secondary N) is 1. The molecule has 0 unspecified atom stereocenters. The number of pyridine rings is 1. The maximum absolute atomic E-state index is 13.4. The number of aromatic hydroxyl groups is 1. The van der Waals surface area contributed by atoms with E-state index in [9.17, 15) is 18.3 Å². The monoisotopic (exact) mass is 508 g/mol. The summed E-state index contributed by atoms with van der Waals surface area (Å²) in [5.41, 5.74) is 3.80. The van der Waals surface area contributed by atoms with Crippen molar-refractivity contribution in [2.45, 2.75) is 32.1 Å². The number of hydrogen-bond acceptors (Lipinski definition) is 3. The molecule has 5 nitrogen and oxygen atoms in total. The van der Waals surface area contributed by atoms with E-state index < -0.39 is 11.7 Å². The van der Waals surface area contributed by atoms with Crippen molar-refractivity contribution in [3.05, 3.63) is 107 Å². The van der Waals surface area contributed by atoms with Gasteiger partial charge in [0, 0.05) is 29.0 Å². The number of phenolic OH excluding ortho intramolecular Hbond substituents is 1. The molecule has 2 aromatic heterocycles. The average Bonchev–Trinajstić information content (AvgIpc) is 3.35. The zero-order valence-corrected chi connectivity index (χ0v) is 20.3. The first-order valence-electron chi connectivity index (χ1n) is 11.3. The molecule has 3 heterocycles. The molecule has 0 aliphatic carbocycles. The number of phenols is 1. The van der Waals surface area contributed by atoms with Crippen LogP contribution in [0.1, 0.15) is 40.3 Å². The van der Waals surface area contributed by atoms with E-state index in [-0.39, 0.29) is 17.8 Å². The molecule has 2 N–H and O–H groups in total. The summed E-state index contributed by atoms with van der Waals surface area (Å²) in [7, 11) is 0. The molecule has 1 aliphatic rings. The van der Waals surface area contributed by atoms with Crippen LogP contribution in [0.5, 0.6) is 5.75 Å². The zero-order valence-electron chi connectivity index (χ0n) is 19.5. The van der Waals surface area contributed by atoms with Crippen molar-refractivity contribution >= 4 is 23.0 Å². The van der Waals surface area contributed by atoms with Crippen molar-refractivity contribution < 1.29 is 18.3 Å². The number of benzene rings is 2. The molecule has 1 fully saturated rings. The molecule has 0 saturated carbocycles. The molecular weight excluding hydrogens is 485 g/mol. The van der Waals surface area contributed by atoms with E-state index in [2.05, 4.69) is 10.3 Å². The number of anilines is 1. The van der Waals surface area contributed by atoms with E-state index in [0.717, 1.165) is 40.5 Å². The Labute approximate surface area is 211 Å². The fourth-order valence-electron chi connectivity index (χ4n) is 4.87. The standard InChI is InChI=1S/C27H23F3N4OS/c1-16-14-22(17(2)33(16)20-7-5-6-18(15-20)27(28,29)30)25-24(23-8-3-4-13-31-23)32-26(36)34(25)19-9-11-21(35)12-10-19/h3-15,24-25,35H,1-2H3,(H,32,36)/t24-,25-/m1/s1. The number of thiocarbonyl (C=S) groups is 1. The fraction of sp³-hybridized carbons (Fsp3) is 0.185. The first kappa shape index (κ1) is 23.9. The fourth-order valence-corrected chi connectivity index (χ4v) is 5.21. The lowest BCUT2D eigenvalue weighted by molar-refractivity contribution is -0.137. The van der Waals surface area contributed by atoms with Crippen molar-refractivity contribution in [3.8, 4) is 11.4 Å². The maximum Gasteiger partial charge on any atom is 0.416 e. The van der Waals surface area contributed by atoms with Crippen LogP contribution in [0.15, 0.2) is 79.0 Å². The molecule has 0 radical (unpaired) electrons. The summed E-state index contributed by atoms with van der Waals surface area (Å²) in [5.74, 6) is 0.136. The van der Waals surface area contributed by atoms with Gasteiger partial charge in [-0.1, -0.05) is 12.1 Å². The van der Waals surface area contributed by atoms with E-state index >= 15 is 0 Å². The minimum atomic E-state index is -4.44. The van der Waals surface area contributed by atoms with Crippen LogP contribution in [-0.2, 0) is 6.18 Å². The molecule has 9 heteroatoms. The Bertz CT molecular complexity index is 1420. The highest BCUT2D eigenvalue weighted by molar-refractivity contribution is 7.80. The molecule has 0 amide bonds. The molecular formula is C27H23F3N4OS. The molecule has 36 heavy (non-hydrogen) atoms. The van der Waals surface area contributed by atoms with Crippen LogP contribution in [-0.4, -0.2) is 19.8 Å². The Kier molecular flexibility index (Phi) is 5.96. The Morgan fingerprint density at radius 1 is 0.944 bits per heavy atom. The average molecular weight is 509 g/mol. The highest BCUT2D eigenvalue weighted by Gasteiger charge is 2.42. The Hall–Kier alpha value is -3.85. The normalized spacial score (nSPS) is 17.9. The number of aromatic nitrogens is 2. The molecule has 1 aliphatic heterocycles. The maximum atomic E-state index is 13.4. The van der Waals surface area contributed by atoms with Gasteiger partial charge in [0.2, 0.25) is 0 Å². The Morgan fingerprint density at radius 3 is 2.36 bits per heavy atom. The summed E-state index contributed by atoms with van der Waals surface area (Å²) in [6.45, 7) is 3.77. The lowest BCUT2D eigenvalue weighted by atomic mass is 9.96. The van der Waals surface area contributed by atoms with Gasteiger partial charge in [-0.2, -0.15) is 13.2 Å².